The summed E-state index contributed by atoms with van der Waals surface area (Å²) in [5.74, 6) is -8.25. The van der Waals surface area contributed by atoms with Crippen molar-refractivity contribution in [3.05, 3.63) is 99.9 Å². The van der Waals surface area contributed by atoms with Crippen LogP contribution in [0.2, 0.25) is 0 Å². The lowest BCUT2D eigenvalue weighted by Crippen LogP contribution is -2.17. The van der Waals surface area contributed by atoms with Gasteiger partial charge in [-0.3, -0.25) is 9.88 Å². The van der Waals surface area contributed by atoms with Gasteiger partial charge in [0.05, 0.1) is 33.4 Å². The second-order valence-electron chi connectivity index (χ2n) is 8.85. The van der Waals surface area contributed by atoms with Crippen LogP contribution in [0, 0.1) is 0 Å². The molecule has 1 aliphatic rings. The predicted molar refractivity (Wildman–Crippen MR) is 143 cm³/mol. The Morgan fingerprint density at radius 3 is 1.19 bits per heavy atom. The summed E-state index contributed by atoms with van der Waals surface area (Å²) in [6, 6.07) is 10.2. The molecule has 4 rings (SSSR count). The van der Waals surface area contributed by atoms with Gasteiger partial charge in [-0.2, -0.15) is 0 Å². The van der Waals surface area contributed by atoms with Crippen molar-refractivity contribution >= 4 is 35.8 Å². The molecule has 14 nitrogen and oxygen atoms in total. The highest BCUT2D eigenvalue weighted by molar-refractivity contribution is 5.99. The Kier molecular flexibility index (Phi) is 11.4. The summed E-state index contributed by atoms with van der Waals surface area (Å²) >= 11 is 0. The third kappa shape index (κ3) is 9.24. The SMILES string of the molecule is CN1CCCC1c1cccnc1.O=C(O)c1cc(C(=O)O)cc(C(=O)O)c1.O=C(O)c1cc(C(=O)O)cc(C(=O)O)c1. The van der Waals surface area contributed by atoms with E-state index in [4.69, 9.17) is 30.6 Å². The van der Waals surface area contributed by atoms with Gasteiger partial charge in [0, 0.05) is 18.4 Å². The van der Waals surface area contributed by atoms with Gasteiger partial charge >= 0.3 is 35.8 Å². The normalized spacial score (nSPS) is 13.9. The average Bonchev–Trinajstić information content (AvgIpc) is 3.39. The van der Waals surface area contributed by atoms with Gasteiger partial charge in [-0.05, 0) is 74.5 Å². The van der Waals surface area contributed by atoms with Gasteiger partial charge in [0.2, 0.25) is 0 Å². The van der Waals surface area contributed by atoms with E-state index in [0.29, 0.717) is 6.04 Å². The number of carboxylic acids is 6. The molecule has 1 aromatic heterocycles. The Hall–Kier alpha value is -5.63. The molecule has 0 saturated carbocycles. The van der Waals surface area contributed by atoms with Crippen molar-refractivity contribution in [1.29, 1.82) is 0 Å². The lowest BCUT2D eigenvalue weighted by Gasteiger charge is -2.18. The predicted octanol–water partition coefficient (Wildman–Crippen LogP) is 3.41. The van der Waals surface area contributed by atoms with Crippen molar-refractivity contribution in [2.45, 2.75) is 18.9 Å². The summed E-state index contributed by atoms with van der Waals surface area (Å²) in [5, 5.41) is 51.7. The maximum Gasteiger partial charge on any atom is 0.335 e. The Labute approximate surface area is 237 Å². The van der Waals surface area contributed by atoms with Crippen molar-refractivity contribution in [3.8, 4) is 0 Å². The van der Waals surface area contributed by atoms with E-state index in [0.717, 1.165) is 36.4 Å². The number of rotatable bonds is 7. The van der Waals surface area contributed by atoms with E-state index in [2.05, 4.69) is 23.0 Å². The first kappa shape index (κ1) is 32.6. The Morgan fingerprint density at radius 1 is 0.643 bits per heavy atom. The molecule has 0 bridgehead atoms. The van der Waals surface area contributed by atoms with Gasteiger partial charge in [-0.25, -0.2) is 28.8 Å². The maximum atomic E-state index is 10.6. The molecule has 1 saturated heterocycles. The molecule has 0 spiro atoms. The summed E-state index contributed by atoms with van der Waals surface area (Å²) in [7, 11) is 2.19. The average molecular weight is 583 g/mol. The van der Waals surface area contributed by atoms with Gasteiger partial charge in [0.15, 0.2) is 0 Å². The van der Waals surface area contributed by atoms with E-state index in [9.17, 15) is 28.8 Å². The second-order valence-corrected chi connectivity index (χ2v) is 8.85. The van der Waals surface area contributed by atoms with Crippen LogP contribution in [0.4, 0.5) is 0 Å². The zero-order valence-electron chi connectivity index (χ0n) is 22.0. The fourth-order valence-electron chi connectivity index (χ4n) is 3.90. The standard InChI is InChI=1S/C10H14N2.2C9H6O6/c1-12-7-3-5-10(12)9-4-2-6-11-8-9;2*10-7(11)4-1-5(8(12)13)3-6(2-4)9(14)15/h2,4,6,8,10H,3,5,7H2,1H3;2*1-3H,(H,10,11)(H,12,13)(H,14,15). The molecule has 14 heteroatoms. The molecule has 1 aliphatic heterocycles. The zero-order valence-corrected chi connectivity index (χ0v) is 22.0. The summed E-state index contributed by atoms with van der Waals surface area (Å²) in [4.78, 5) is 69.9. The first-order valence-corrected chi connectivity index (χ1v) is 12.0. The first-order valence-electron chi connectivity index (χ1n) is 12.0. The van der Waals surface area contributed by atoms with Crippen molar-refractivity contribution in [1.82, 2.24) is 9.88 Å². The van der Waals surface area contributed by atoms with Crippen LogP contribution >= 0.6 is 0 Å². The molecule has 1 atom stereocenters. The van der Waals surface area contributed by atoms with Gasteiger partial charge in [-0.15, -0.1) is 0 Å². The molecule has 1 fully saturated rings. The van der Waals surface area contributed by atoms with Crippen LogP contribution in [-0.4, -0.2) is 89.9 Å². The number of hydrogen-bond acceptors (Lipinski definition) is 8. The van der Waals surface area contributed by atoms with E-state index in [1.165, 1.54) is 24.9 Å². The molecule has 42 heavy (non-hydrogen) atoms. The number of pyridine rings is 1. The number of carbonyl (C=O) groups is 6. The van der Waals surface area contributed by atoms with E-state index >= 15 is 0 Å². The monoisotopic (exact) mass is 582 g/mol. The lowest BCUT2D eigenvalue weighted by molar-refractivity contribution is 0.0666. The number of hydrogen-bond donors (Lipinski definition) is 6. The minimum atomic E-state index is -1.37. The Balaban J connectivity index is 0.000000221. The number of aromatic nitrogens is 1. The fraction of sp³-hybridized carbons (Fsp3) is 0.179. The first-order chi connectivity index (χ1) is 19.7. The summed E-state index contributed by atoms with van der Waals surface area (Å²) < 4.78 is 0. The quantitative estimate of drug-likeness (QED) is 0.234. The molecule has 0 radical (unpaired) electrons. The van der Waals surface area contributed by atoms with Crippen LogP contribution in [-0.2, 0) is 0 Å². The highest BCUT2D eigenvalue weighted by Crippen LogP contribution is 2.29. The van der Waals surface area contributed by atoms with Gasteiger partial charge in [-0.1, -0.05) is 6.07 Å². The van der Waals surface area contributed by atoms with E-state index < -0.39 is 35.8 Å². The van der Waals surface area contributed by atoms with Crippen molar-refractivity contribution in [2.75, 3.05) is 13.6 Å². The number of aromatic carboxylic acids is 6. The lowest BCUT2D eigenvalue weighted by atomic mass is 10.1. The molecular weight excluding hydrogens is 556 g/mol. The van der Waals surface area contributed by atoms with Gasteiger partial charge < -0.3 is 30.6 Å². The fourth-order valence-corrected chi connectivity index (χ4v) is 3.90. The van der Waals surface area contributed by atoms with Crippen molar-refractivity contribution in [2.24, 2.45) is 0 Å². The second kappa shape index (κ2) is 14.7. The smallest absolute Gasteiger partial charge is 0.335 e. The van der Waals surface area contributed by atoms with Crippen LogP contribution in [0.3, 0.4) is 0 Å². The van der Waals surface area contributed by atoms with Crippen LogP contribution in [0.25, 0.3) is 0 Å². The highest BCUT2D eigenvalue weighted by atomic mass is 16.4. The zero-order chi connectivity index (χ0) is 31.6. The summed E-state index contributed by atoms with van der Waals surface area (Å²) in [5.41, 5.74) is -0.851. The summed E-state index contributed by atoms with van der Waals surface area (Å²) in [6.07, 6.45) is 6.41. The Bertz CT molecular complexity index is 1260. The highest BCUT2D eigenvalue weighted by Gasteiger charge is 2.22. The molecule has 6 N–H and O–H groups in total. The molecule has 2 heterocycles. The molecule has 220 valence electrons. The minimum absolute atomic E-state index is 0.368. The van der Waals surface area contributed by atoms with Gasteiger partial charge in [0.25, 0.3) is 0 Å². The van der Waals surface area contributed by atoms with E-state index in [-0.39, 0.29) is 33.4 Å². The molecule has 0 amide bonds. The van der Waals surface area contributed by atoms with Crippen LogP contribution in [0.1, 0.15) is 86.6 Å². The molecule has 1 unspecified atom stereocenters. The third-order valence-corrected chi connectivity index (χ3v) is 5.94. The molecule has 3 aromatic rings. The maximum absolute atomic E-state index is 10.6. The molecular formula is C28H26N2O12. The largest absolute Gasteiger partial charge is 0.478 e. The number of nitrogens with zero attached hydrogens (tertiary/aromatic N) is 2. The molecule has 2 aromatic carbocycles. The number of likely N-dealkylation sites (tertiary alicyclic amines) is 1. The topological polar surface area (TPSA) is 240 Å². The van der Waals surface area contributed by atoms with Crippen LogP contribution in [0.15, 0.2) is 60.9 Å². The minimum Gasteiger partial charge on any atom is -0.478 e. The Morgan fingerprint density at radius 2 is 0.976 bits per heavy atom. The number of carboxylic acid groups (broad SMARTS) is 6. The van der Waals surface area contributed by atoms with Crippen molar-refractivity contribution < 1.29 is 59.4 Å². The molecule has 0 aliphatic carbocycles. The van der Waals surface area contributed by atoms with Gasteiger partial charge in [0.1, 0.15) is 0 Å². The van der Waals surface area contributed by atoms with Crippen LogP contribution < -0.4 is 0 Å². The summed E-state index contributed by atoms with van der Waals surface area (Å²) in [6.45, 7) is 1.22. The van der Waals surface area contributed by atoms with E-state index in [1.54, 1.807) is 0 Å². The van der Waals surface area contributed by atoms with Crippen LogP contribution in [0.5, 0.6) is 0 Å². The van der Waals surface area contributed by atoms with E-state index in [1.807, 2.05) is 18.5 Å². The number of benzene rings is 2. The van der Waals surface area contributed by atoms with Crippen molar-refractivity contribution in [3.63, 3.8) is 0 Å². The third-order valence-electron chi connectivity index (χ3n) is 5.94.